The first-order valence-corrected chi connectivity index (χ1v) is 6.53. The number of halogens is 2. The summed E-state index contributed by atoms with van der Waals surface area (Å²) in [7, 11) is 0. The van der Waals surface area contributed by atoms with E-state index in [4.69, 9.17) is 0 Å². The Kier molecular flexibility index (Phi) is 3.32. The molecular weight excluding hydrogens is 290 g/mol. The second kappa shape index (κ2) is 5.18. The van der Waals surface area contributed by atoms with Crippen molar-refractivity contribution in [3.05, 3.63) is 59.2 Å². The maximum atomic E-state index is 13.6. The highest BCUT2D eigenvalue weighted by atomic mass is 19.1. The topological polar surface area (TPSA) is 59.3 Å². The lowest BCUT2D eigenvalue weighted by atomic mass is 10.2. The van der Waals surface area contributed by atoms with Crippen LogP contribution in [0.2, 0.25) is 0 Å². The molecule has 0 fully saturated rings. The Morgan fingerprint density at radius 3 is 2.68 bits per heavy atom. The van der Waals surface area contributed by atoms with Crippen LogP contribution in [0.5, 0.6) is 0 Å². The minimum Gasteiger partial charge on any atom is -0.305 e. The zero-order valence-electron chi connectivity index (χ0n) is 11.9. The van der Waals surface area contributed by atoms with E-state index in [9.17, 15) is 13.6 Å². The zero-order valence-corrected chi connectivity index (χ0v) is 11.9. The average molecular weight is 302 g/mol. The Balaban J connectivity index is 1.92. The fourth-order valence-corrected chi connectivity index (χ4v) is 2.22. The molecule has 0 radical (unpaired) electrons. The van der Waals surface area contributed by atoms with E-state index in [2.05, 4.69) is 15.3 Å². The van der Waals surface area contributed by atoms with E-state index in [-0.39, 0.29) is 11.4 Å². The van der Waals surface area contributed by atoms with Crippen molar-refractivity contribution in [1.82, 2.24) is 14.4 Å². The minimum absolute atomic E-state index is 0.246. The van der Waals surface area contributed by atoms with Crippen LogP contribution in [0.15, 0.2) is 30.6 Å². The van der Waals surface area contributed by atoms with Gasteiger partial charge in [0, 0.05) is 12.3 Å². The number of amides is 1. The van der Waals surface area contributed by atoms with E-state index in [0.29, 0.717) is 17.4 Å². The van der Waals surface area contributed by atoms with Crippen LogP contribution in [0.3, 0.4) is 0 Å². The summed E-state index contributed by atoms with van der Waals surface area (Å²) < 4.78 is 28.2. The molecule has 7 heteroatoms. The van der Waals surface area contributed by atoms with Gasteiger partial charge in [0.25, 0.3) is 5.91 Å². The van der Waals surface area contributed by atoms with Crippen molar-refractivity contribution < 1.29 is 13.6 Å². The summed E-state index contributed by atoms with van der Waals surface area (Å²) >= 11 is 0. The molecule has 0 aliphatic heterocycles. The number of carbonyl (C=O) groups excluding carboxylic acids is 1. The first-order valence-electron chi connectivity index (χ1n) is 6.53. The third kappa shape index (κ3) is 2.52. The molecule has 0 aliphatic carbocycles. The quantitative estimate of drug-likeness (QED) is 0.792. The number of nitrogens with one attached hydrogen (secondary N) is 1. The molecule has 0 saturated heterocycles. The number of hydrogen-bond acceptors (Lipinski definition) is 3. The van der Waals surface area contributed by atoms with Crippen LogP contribution in [-0.2, 0) is 0 Å². The first kappa shape index (κ1) is 14.1. The highest BCUT2D eigenvalue weighted by Crippen LogP contribution is 2.15. The van der Waals surface area contributed by atoms with Crippen molar-refractivity contribution in [2.45, 2.75) is 13.8 Å². The van der Waals surface area contributed by atoms with E-state index in [0.717, 1.165) is 17.8 Å². The number of nitrogens with zero attached hydrogens (tertiary/aromatic N) is 3. The van der Waals surface area contributed by atoms with Crippen LogP contribution in [0, 0.1) is 25.5 Å². The van der Waals surface area contributed by atoms with Gasteiger partial charge in [-0.15, -0.1) is 0 Å². The third-order valence-corrected chi connectivity index (χ3v) is 3.14. The van der Waals surface area contributed by atoms with E-state index in [1.807, 2.05) is 6.92 Å². The number of carbonyl (C=O) groups is 1. The van der Waals surface area contributed by atoms with E-state index < -0.39 is 17.5 Å². The number of fused-ring (bicyclic) bond motifs is 1. The van der Waals surface area contributed by atoms with Crippen molar-refractivity contribution in [3.8, 4) is 0 Å². The van der Waals surface area contributed by atoms with Crippen LogP contribution < -0.4 is 5.32 Å². The molecule has 0 saturated carbocycles. The van der Waals surface area contributed by atoms with Crippen LogP contribution in [0.4, 0.5) is 14.6 Å². The number of benzene rings is 1. The molecule has 5 nitrogen and oxygen atoms in total. The molecule has 0 atom stereocenters. The van der Waals surface area contributed by atoms with Crippen molar-refractivity contribution in [3.63, 3.8) is 0 Å². The molecule has 0 aliphatic rings. The van der Waals surface area contributed by atoms with Crippen LogP contribution >= 0.6 is 0 Å². The Morgan fingerprint density at radius 1 is 1.18 bits per heavy atom. The van der Waals surface area contributed by atoms with Gasteiger partial charge in [0.1, 0.15) is 11.6 Å². The van der Waals surface area contributed by atoms with Crippen molar-refractivity contribution in [2.24, 2.45) is 0 Å². The highest BCUT2D eigenvalue weighted by Gasteiger charge is 2.14. The third-order valence-electron chi connectivity index (χ3n) is 3.14. The first-order chi connectivity index (χ1) is 10.4. The number of anilines is 1. The number of imidazole rings is 1. The second-order valence-corrected chi connectivity index (χ2v) is 4.90. The lowest BCUT2D eigenvalue weighted by Crippen LogP contribution is -2.14. The zero-order chi connectivity index (χ0) is 15.9. The van der Waals surface area contributed by atoms with Gasteiger partial charge in [-0.3, -0.25) is 9.78 Å². The van der Waals surface area contributed by atoms with Gasteiger partial charge in [0.15, 0.2) is 11.5 Å². The molecule has 0 bridgehead atoms. The largest absolute Gasteiger partial charge is 0.305 e. The summed E-state index contributed by atoms with van der Waals surface area (Å²) in [4.78, 5) is 20.6. The Morgan fingerprint density at radius 2 is 1.95 bits per heavy atom. The molecular formula is C15H12F2N4O. The Hall–Kier alpha value is -2.83. The maximum absolute atomic E-state index is 13.6. The molecule has 112 valence electrons. The molecule has 1 amide bonds. The normalized spacial score (nSPS) is 10.9. The molecule has 3 rings (SSSR count). The lowest BCUT2D eigenvalue weighted by Gasteiger charge is -2.03. The van der Waals surface area contributed by atoms with Gasteiger partial charge >= 0.3 is 0 Å². The molecule has 22 heavy (non-hydrogen) atoms. The van der Waals surface area contributed by atoms with E-state index in [1.165, 1.54) is 0 Å². The van der Waals surface area contributed by atoms with E-state index in [1.54, 1.807) is 23.7 Å². The maximum Gasteiger partial charge on any atom is 0.259 e. The van der Waals surface area contributed by atoms with Gasteiger partial charge in [-0.25, -0.2) is 13.8 Å². The van der Waals surface area contributed by atoms with Gasteiger partial charge in [-0.05, 0) is 26.0 Å². The minimum atomic E-state index is -0.921. The molecule has 0 unspecified atom stereocenters. The monoisotopic (exact) mass is 302 g/mol. The van der Waals surface area contributed by atoms with Crippen LogP contribution in [0.25, 0.3) is 5.65 Å². The highest BCUT2D eigenvalue weighted by molar-refractivity contribution is 6.04. The number of rotatable bonds is 2. The van der Waals surface area contributed by atoms with Crippen LogP contribution in [-0.4, -0.2) is 20.3 Å². The molecule has 2 aromatic heterocycles. The Labute approximate surface area is 124 Å². The summed E-state index contributed by atoms with van der Waals surface area (Å²) in [6.45, 7) is 3.65. The number of aromatic nitrogens is 3. The molecule has 1 N–H and O–H groups in total. The fraction of sp³-hybridized carbons (Fsp3) is 0.133. The molecule has 1 aromatic carbocycles. The van der Waals surface area contributed by atoms with E-state index >= 15 is 0 Å². The Bertz CT molecular complexity index is 889. The summed E-state index contributed by atoms with van der Waals surface area (Å²) in [5, 5.41) is 2.49. The summed E-state index contributed by atoms with van der Waals surface area (Å²) in [6, 6.07) is 2.78. The predicted molar refractivity (Wildman–Crippen MR) is 76.8 cm³/mol. The van der Waals surface area contributed by atoms with Gasteiger partial charge in [0.05, 0.1) is 23.1 Å². The SMILES string of the molecule is Cc1cn2cc(NC(=O)c3ccc(F)cc3F)nc2c(C)n1. The standard InChI is InChI=1S/C15H12F2N4O/c1-8-6-21-7-13(19-14(21)9(2)18-8)20-15(22)11-4-3-10(16)5-12(11)17/h3-7H,1-2H3,(H,20,22). The van der Waals surface area contributed by atoms with Gasteiger partial charge < -0.3 is 9.72 Å². The van der Waals surface area contributed by atoms with Gasteiger partial charge in [-0.1, -0.05) is 0 Å². The van der Waals surface area contributed by atoms with Gasteiger partial charge in [0.2, 0.25) is 0 Å². The summed E-state index contributed by atoms with van der Waals surface area (Å²) in [5.41, 5.74) is 1.88. The average Bonchev–Trinajstić information content (AvgIpc) is 2.81. The second-order valence-electron chi connectivity index (χ2n) is 4.90. The van der Waals surface area contributed by atoms with Crippen molar-refractivity contribution in [2.75, 3.05) is 5.32 Å². The fourth-order valence-electron chi connectivity index (χ4n) is 2.22. The smallest absolute Gasteiger partial charge is 0.259 e. The molecule has 0 spiro atoms. The van der Waals surface area contributed by atoms with Crippen molar-refractivity contribution in [1.29, 1.82) is 0 Å². The summed E-state index contributed by atoms with van der Waals surface area (Å²) in [5.74, 6) is -2.08. The van der Waals surface area contributed by atoms with Crippen LogP contribution in [0.1, 0.15) is 21.7 Å². The number of hydrogen-bond donors (Lipinski definition) is 1. The lowest BCUT2D eigenvalue weighted by molar-refractivity contribution is 0.102. The molecule has 3 aromatic rings. The molecule has 2 heterocycles. The summed E-state index contributed by atoms with van der Waals surface area (Å²) in [6.07, 6.45) is 3.37. The number of aryl methyl sites for hydroxylation is 2. The van der Waals surface area contributed by atoms with Crippen molar-refractivity contribution >= 4 is 17.4 Å². The van der Waals surface area contributed by atoms with Gasteiger partial charge in [-0.2, -0.15) is 0 Å². The predicted octanol–water partition coefficient (Wildman–Crippen LogP) is 2.88.